The number of ether oxygens (including phenoxy) is 2. The summed E-state index contributed by atoms with van der Waals surface area (Å²) in [6, 6.07) is 15.5. The third-order valence-electron chi connectivity index (χ3n) is 5.14. The molecule has 1 unspecified atom stereocenters. The second kappa shape index (κ2) is 9.42. The van der Waals surface area contributed by atoms with Crippen LogP contribution < -0.4 is 14.8 Å². The fourth-order valence-corrected chi connectivity index (χ4v) is 3.72. The molecule has 1 amide bonds. The molecule has 1 heterocycles. The van der Waals surface area contributed by atoms with Crippen LogP contribution in [0, 0.1) is 0 Å². The van der Waals surface area contributed by atoms with Gasteiger partial charge in [0.15, 0.2) is 0 Å². The van der Waals surface area contributed by atoms with Gasteiger partial charge >= 0.3 is 0 Å². The summed E-state index contributed by atoms with van der Waals surface area (Å²) in [4.78, 5) is 15.2. The Morgan fingerprint density at radius 3 is 2.30 bits per heavy atom. The van der Waals surface area contributed by atoms with Gasteiger partial charge in [-0.15, -0.1) is 0 Å². The number of para-hydroxylation sites is 2. The lowest BCUT2D eigenvalue weighted by Gasteiger charge is -2.35. The van der Waals surface area contributed by atoms with Crippen molar-refractivity contribution in [1.29, 1.82) is 0 Å². The number of carbonyl (C=O) groups is 1. The average molecular weight is 368 g/mol. The molecule has 0 saturated carbocycles. The molecular formula is C22H28N2O3. The fraction of sp³-hybridized carbons (Fsp3) is 0.409. The van der Waals surface area contributed by atoms with E-state index in [4.69, 9.17) is 9.47 Å². The molecule has 1 aliphatic heterocycles. The van der Waals surface area contributed by atoms with E-state index in [-0.39, 0.29) is 11.9 Å². The summed E-state index contributed by atoms with van der Waals surface area (Å²) in [5.41, 5.74) is 1.67. The first kappa shape index (κ1) is 19.2. The van der Waals surface area contributed by atoms with Gasteiger partial charge < -0.3 is 14.8 Å². The highest BCUT2D eigenvalue weighted by atomic mass is 16.5. The van der Waals surface area contributed by atoms with Crippen LogP contribution in [0.3, 0.4) is 0 Å². The maximum atomic E-state index is 12.8. The summed E-state index contributed by atoms with van der Waals surface area (Å²) in [7, 11) is 3.27. The first-order chi connectivity index (χ1) is 13.2. The van der Waals surface area contributed by atoms with Crippen molar-refractivity contribution < 1.29 is 14.3 Å². The molecule has 0 bridgehead atoms. The average Bonchev–Trinajstić information content (AvgIpc) is 2.74. The van der Waals surface area contributed by atoms with Crippen LogP contribution in [0.5, 0.6) is 11.5 Å². The molecule has 3 rings (SSSR count). The van der Waals surface area contributed by atoms with Crippen LogP contribution in [0.15, 0.2) is 48.5 Å². The minimum absolute atomic E-state index is 0.0834. The molecule has 1 fully saturated rings. The number of hydrogen-bond acceptors (Lipinski definition) is 4. The van der Waals surface area contributed by atoms with E-state index in [1.165, 1.54) is 19.3 Å². The number of methoxy groups -OCH3 is 2. The van der Waals surface area contributed by atoms with Crippen LogP contribution >= 0.6 is 0 Å². The lowest BCUT2D eigenvalue weighted by atomic mass is 10.0. The van der Waals surface area contributed by atoms with Crippen molar-refractivity contribution in [2.45, 2.75) is 25.3 Å². The van der Waals surface area contributed by atoms with E-state index < -0.39 is 0 Å². The van der Waals surface area contributed by atoms with Gasteiger partial charge in [-0.2, -0.15) is 0 Å². The maximum Gasteiger partial charge on any atom is 0.255 e. The highest BCUT2D eigenvalue weighted by Gasteiger charge is 2.25. The molecule has 5 heteroatoms. The van der Waals surface area contributed by atoms with Crippen molar-refractivity contribution in [3.63, 3.8) is 0 Å². The Hall–Kier alpha value is -2.53. The number of nitrogens with one attached hydrogen (secondary N) is 1. The number of benzene rings is 2. The Kier molecular flexibility index (Phi) is 6.71. The molecule has 0 spiro atoms. The molecular weight excluding hydrogens is 340 g/mol. The van der Waals surface area contributed by atoms with E-state index in [2.05, 4.69) is 16.3 Å². The highest BCUT2D eigenvalue weighted by Crippen LogP contribution is 2.31. The molecule has 144 valence electrons. The molecule has 0 radical (unpaired) electrons. The molecule has 2 aromatic carbocycles. The number of piperidine rings is 1. The summed E-state index contributed by atoms with van der Waals surface area (Å²) in [5.74, 6) is 1.32. The zero-order chi connectivity index (χ0) is 19.1. The Bertz CT molecular complexity index is 757. The second-order valence-corrected chi connectivity index (χ2v) is 6.76. The normalized spacial score (nSPS) is 15.8. The monoisotopic (exact) mass is 368 g/mol. The van der Waals surface area contributed by atoms with Gasteiger partial charge in [0.05, 0.1) is 25.8 Å². The van der Waals surface area contributed by atoms with E-state index in [9.17, 15) is 4.79 Å². The third-order valence-corrected chi connectivity index (χ3v) is 5.14. The minimum Gasteiger partial charge on any atom is -0.496 e. The number of nitrogens with zero attached hydrogens (tertiary/aromatic N) is 1. The molecule has 0 aliphatic carbocycles. The number of amides is 1. The van der Waals surface area contributed by atoms with Gasteiger partial charge in [-0.3, -0.25) is 9.69 Å². The molecule has 2 aromatic rings. The van der Waals surface area contributed by atoms with Crippen LogP contribution in [-0.4, -0.2) is 44.7 Å². The van der Waals surface area contributed by atoms with Gasteiger partial charge in [0.25, 0.3) is 5.91 Å². The van der Waals surface area contributed by atoms with Crippen molar-refractivity contribution in [2.75, 3.05) is 33.9 Å². The molecule has 1 aliphatic rings. The van der Waals surface area contributed by atoms with Gasteiger partial charge in [0.1, 0.15) is 11.5 Å². The zero-order valence-corrected chi connectivity index (χ0v) is 16.1. The molecule has 1 atom stereocenters. The van der Waals surface area contributed by atoms with E-state index in [0.29, 0.717) is 17.9 Å². The second-order valence-electron chi connectivity index (χ2n) is 6.76. The van der Waals surface area contributed by atoms with Crippen molar-refractivity contribution >= 4 is 5.91 Å². The first-order valence-electron chi connectivity index (χ1n) is 9.52. The Morgan fingerprint density at radius 1 is 0.963 bits per heavy atom. The number of carbonyl (C=O) groups excluding carboxylic acids is 1. The van der Waals surface area contributed by atoms with Crippen molar-refractivity contribution in [3.8, 4) is 11.5 Å². The van der Waals surface area contributed by atoms with E-state index in [0.717, 1.165) is 24.4 Å². The predicted octanol–water partition coefficient (Wildman–Crippen LogP) is 3.66. The highest BCUT2D eigenvalue weighted by molar-refractivity contribution is 5.96. The lowest BCUT2D eigenvalue weighted by Crippen LogP contribution is -2.40. The maximum absolute atomic E-state index is 12.8. The Morgan fingerprint density at radius 2 is 1.59 bits per heavy atom. The number of likely N-dealkylation sites (tertiary alicyclic amines) is 1. The first-order valence-corrected chi connectivity index (χ1v) is 9.52. The minimum atomic E-state index is -0.121. The third kappa shape index (κ3) is 4.61. The molecule has 5 nitrogen and oxygen atoms in total. The van der Waals surface area contributed by atoms with Gasteiger partial charge in [0, 0.05) is 12.1 Å². The van der Waals surface area contributed by atoms with E-state index in [1.54, 1.807) is 26.4 Å². The SMILES string of the molecule is COc1ccccc1C(=O)NCC(c1ccccc1OC)N1CCCCC1. The smallest absolute Gasteiger partial charge is 0.255 e. The van der Waals surface area contributed by atoms with Crippen LogP contribution in [0.25, 0.3) is 0 Å². The van der Waals surface area contributed by atoms with Crippen molar-refractivity contribution in [2.24, 2.45) is 0 Å². The van der Waals surface area contributed by atoms with Crippen LogP contribution in [0.1, 0.15) is 41.2 Å². The summed E-state index contributed by atoms with van der Waals surface area (Å²) in [6.45, 7) is 2.59. The Balaban J connectivity index is 1.80. The van der Waals surface area contributed by atoms with Crippen LogP contribution in [0.2, 0.25) is 0 Å². The van der Waals surface area contributed by atoms with E-state index >= 15 is 0 Å². The van der Waals surface area contributed by atoms with Gasteiger partial charge in [-0.25, -0.2) is 0 Å². The molecule has 1 N–H and O–H groups in total. The largest absolute Gasteiger partial charge is 0.496 e. The Labute approximate surface area is 161 Å². The number of hydrogen-bond donors (Lipinski definition) is 1. The van der Waals surface area contributed by atoms with Gasteiger partial charge in [0.2, 0.25) is 0 Å². The summed E-state index contributed by atoms with van der Waals surface area (Å²) >= 11 is 0. The molecule has 27 heavy (non-hydrogen) atoms. The summed E-state index contributed by atoms with van der Waals surface area (Å²) < 4.78 is 10.9. The molecule has 0 aromatic heterocycles. The standard InChI is InChI=1S/C22H28N2O3/c1-26-20-12-6-4-10-17(20)19(24-14-8-3-9-15-24)16-23-22(25)18-11-5-7-13-21(18)27-2/h4-7,10-13,19H,3,8-9,14-16H2,1-2H3,(H,23,25). The van der Waals surface area contributed by atoms with E-state index in [1.807, 2.05) is 30.3 Å². The fourth-order valence-electron chi connectivity index (χ4n) is 3.72. The zero-order valence-electron chi connectivity index (χ0n) is 16.1. The van der Waals surface area contributed by atoms with Crippen molar-refractivity contribution in [1.82, 2.24) is 10.2 Å². The molecule has 1 saturated heterocycles. The topological polar surface area (TPSA) is 50.8 Å². The lowest BCUT2D eigenvalue weighted by molar-refractivity contribution is 0.0920. The number of rotatable bonds is 7. The quantitative estimate of drug-likeness (QED) is 0.810. The van der Waals surface area contributed by atoms with Gasteiger partial charge in [-0.1, -0.05) is 36.8 Å². The van der Waals surface area contributed by atoms with Crippen molar-refractivity contribution in [3.05, 3.63) is 59.7 Å². The predicted molar refractivity (Wildman–Crippen MR) is 106 cm³/mol. The summed E-state index contributed by atoms with van der Waals surface area (Å²) in [5, 5.41) is 3.10. The van der Waals surface area contributed by atoms with Gasteiger partial charge in [-0.05, 0) is 44.1 Å². The van der Waals surface area contributed by atoms with Crippen LogP contribution in [0.4, 0.5) is 0 Å². The van der Waals surface area contributed by atoms with Crippen LogP contribution in [-0.2, 0) is 0 Å². The summed E-state index contributed by atoms with van der Waals surface area (Å²) in [6.07, 6.45) is 3.64.